The van der Waals surface area contributed by atoms with Gasteiger partial charge in [0.05, 0.1) is 36.8 Å². The van der Waals surface area contributed by atoms with Crippen molar-refractivity contribution >= 4 is 33.7 Å². The maximum absolute atomic E-state index is 14.1. The molecule has 1 aromatic heterocycles. The second-order valence-electron chi connectivity index (χ2n) is 10.1. The van der Waals surface area contributed by atoms with Crippen LogP contribution in [0.4, 0.5) is 0 Å². The van der Waals surface area contributed by atoms with E-state index < -0.39 is 47.1 Å². The third kappa shape index (κ3) is 4.13. The third-order valence-electron chi connectivity index (χ3n) is 8.30. The van der Waals surface area contributed by atoms with Crippen molar-refractivity contribution in [2.24, 2.45) is 28.6 Å². The maximum atomic E-state index is 14.1. The van der Waals surface area contributed by atoms with E-state index >= 15 is 0 Å². The first-order valence-electron chi connectivity index (χ1n) is 11.9. The van der Waals surface area contributed by atoms with Crippen molar-refractivity contribution < 1.29 is 37.7 Å². The fourth-order valence-electron chi connectivity index (χ4n) is 6.77. The van der Waals surface area contributed by atoms with Gasteiger partial charge in [0.25, 0.3) is 0 Å². The molecule has 0 spiro atoms. The normalized spacial score (nSPS) is 38.4. The number of esters is 2. The standard InChI is InChI=1S/C25H33BrO8/c1-5-32-19(12-26)33-17-10-16(22(28)30-4)24(2)8-6-15-23(29)34-18(14-7-9-31-13-14)11-25(15,3)21(24)20(17)27/h7,9,13,15-19,21H,5-6,8,10-12H2,1-4H3/t15-,16-,17-,18-,19-,21-,24-,25-/m0/s1. The van der Waals surface area contributed by atoms with Crippen LogP contribution in [0.5, 0.6) is 0 Å². The molecule has 2 aliphatic carbocycles. The number of furan rings is 1. The molecule has 8 nitrogen and oxygen atoms in total. The molecule has 8 atom stereocenters. The number of Topliss-reactive ketones (excluding diaryl/α,β-unsaturated/α-hetero) is 1. The Morgan fingerprint density at radius 2 is 2.06 bits per heavy atom. The number of fused-ring (bicyclic) bond motifs is 3. The van der Waals surface area contributed by atoms with E-state index in [0.717, 1.165) is 5.56 Å². The van der Waals surface area contributed by atoms with Crippen LogP contribution >= 0.6 is 15.9 Å². The van der Waals surface area contributed by atoms with Gasteiger partial charge in [-0.25, -0.2) is 0 Å². The van der Waals surface area contributed by atoms with Crippen LogP contribution in [0.2, 0.25) is 0 Å². The zero-order valence-electron chi connectivity index (χ0n) is 20.1. The molecular formula is C25H33BrO8. The van der Waals surface area contributed by atoms with Gasteiger partial charge in [-0.05, 0) is 49.5 Å². The second-order valence-corrected chi connectivity index (χ2v) is 10.7. The molecule has 0 bridgehead atoms. The molecule has 1 aliphatic heterocycles. The molecule has 3 fully saturated rings. The Hall–Kier alpha value is -1.71. The van der Waals surface area contributed by atoms with Crippen LogP contribution in [0, 0.1) is 28.6 Å². The number of methoxy groups -OCH3 is 1. The van der Waals surface area contributed by atoms with E-state index in [0.29, 0.717) is 31.2 Å². The number of halogens is 1. The molecule has 188 valence electrons. The lowest BCUT2D eigenvalue weighted by molar-refractivity contribution is -0.221. The van der Waals surface area contributed by atoms with Gasteiger partial charge in [0.1, 0.15) is 12.2 Å². The minimum absolute atomic E-state index is 0.0823. The van der Waals surface area contributed by atoms with E-state index in [1.807, 2.05) is 20.8 Å². The van der Waals surface area contributed by atoms with Gasteiger partial charge in [-0.2, -0.15) is 0 Å². The third-order valence-corrected chi connectivity index (χ3v) is 8.83. The van der Waals surface area contributed by atoms with Gasteiger partial charge in [-0.1, -0.05) is 29.8 Å². The molecular weight excluding hydrogens is 508 g/mol. The predicted molar refractivity (Wildman–Crippen MR) is 124 cm³/mol. The summed E-state index contributed by atoms with van der Waals surface area (Å²) < 4.78 is 27.9. The van der Waals surface area contributed by atoms with Gasteiger partial charge in [0.15, 0.2) is 12.1 Å². The number of carbonyl (C=O) groups excluding carboxylic acids is 3. The first-order valence-corrected chi connectivity index (χ1v) is 13.0. The minimum atomic E-state index is -0.836. The average Bonchev–Trinajstić information content (AvgIpc) is 3.34. The Kier molecular flexibility index (Phi) is 7.27. The fraction of sp³-hybridized carbons (Fsp3) is 0.720. The van der Waals surface area contributed by atoms with Crippen LogP contribution in [0.15, 0.2) is 23.0 Å². The summed E-state index contributed by atoms with van der Waals surface area (Å²) in [6.45, 7) is 6.27. The molecule has 1 aromatic rings. The van der Waals surface area contributed by atoms with E-state index in [4.69, 9.17) is 23.4 Å². The number of ether oxygens (including phenoxy) is 4. The Labute approximate surface area is 208 Å². The number of hydrogen-bond donors (Lipinski definition) is 0. The zero-order valence-corrected chi connectivity index (χ0v) is 21.7. The van der Waals surface area contributed by atoms with Crippen molar-refractivity contribution in [3.63, 3.8) is 0 Å². The predicted octanol–water partition coefficient (Wildman–Crippen LogP) is 4.21. The van der Waals surface area contributed by atoms with Crippen LogP contribution in [0.3, 0.4) is 0 Å². The average molecular weight is 541 g/mol. The van der Waals surface area contributed by atoms with Crippen LogP contribution in [-0.4, -0.2) is 49.2 Å². The minimum Gasteiger partial charge on any atom is -0.472 e. The lowest BCUT2D eigenvalue weighted by atomic mass is 9.43. The van der Waals surface area contributed by atoms with Crippen molar-refractivity contribution in [1.29, 1.82) is 0 Å². The quantitative estimate of drug-likeness (QED) is 0.288. The van der Waals surface area contributed by atoms with E-state index in [9.17, 15) is 14.4 Å². The highest BCUT2D eigenvalue weighted by atomic mass is 79.9. The topological polar surface area (TPSA) is 101 Å². The Morgan fingerprint density at radius 3 is 2.68 bits per heavy atom. The molecule has 0 aromatic carbocycles. The van der Waals surface area contributed by atoms with Crippen molar-refractivity contribution in [2.45, 2.75) is 65.0 Å². The highest BCUT2D eigenvalue weighted by molar-refractivity contribution is 9.09. The summed E-state index contributed by atoms with van der Waals surface area (Å²) >= 11 is 3.38. The fourth-order valence-corrected chi connectivity index (χ4v) is 7.11. The molecule has 0 N–H and O–H groups in total. The summed E-state index contributed by atoms with van der Waals surface area (Å²) in [4.78, 5) is 40.3. The zero-order chi connectivity index (χ0) is 24.7. The second kappa shape index (κ2) is 9.74. The van der Waals surface area contributed by atoms with Crippen molar-refractivity contribution in [3.05, 3.63) is 24.2 Å². The van der Waals surface area contributed by atoms with Crippen LogP contribution in [0.1, 0.15) is 58.1 Å². The van der Waals surface area contributed by atoms with Crippen LogP contribution in [-0.2, 0) is 33.3 Å². The molecule has 9 heteroatoms. The molecule has 4 rings (SSSR count). The monoisotopic (exact) mass is 540 g/mol. The number of carbonyl (C=O) groups is 3. The highest BCUT2D eigenvalue weighted by Gasteiger charge is 2.67. The SMILES string of the molecule is CCO[C@H](CBr)O[C@H]1C[C@@H](C(=O)OC)[C@]2(C)CC[C@H]3C(=O)O[C@H](c4ccoc4)C[C@]3(C)[C@H]2C1=O. The molecule has 2 heterocycles. The van der Waals surface area contributed by atoms with E-state index in [-0.39, 0.29) is 24.1 Å². The summed E-state index contributed by atoms with van der Waals surface area (Å²) in [5.41, 5.74) is -0.620. The Morgan fingerprint density at radius 1 is 1.29 bits per heavy atom. The van der Waals surface area contributed by atoms with Gasteiger partial charge in [0, 0.05) is 18.1 Å². The van der Waals surface area contributed by atoms with E-state index in [1.54, 1.807) is 18.6 Å². The van der Waals surface area contributed by atoms with Gasteiger partial charge in [0.2, 0.25) is 0 Å². The van der Waals surface area contributed by atoms with Gasteiger partial charge in [-0.15, -0.1) is 0 Å². The number of hydrogen-bond acceptors (Lipinski definition) is 8. The molecule has 0 radical (unpaired) electrons. The van der Waals surface area contributed by atoms with Crippen molar-refractivity contribution in [2.75, 3.05) is 19.0 Å². The molecule has 3 aliphatic rings. The molecule has 0 amide bonds. The smallest absolute Gasteiger partial charge is 0.310 e. The summed E-state index contributed by atoms with van der Waals surface area (Å²) in [5, 5.41) is 0.393. The van der Waals surface area contributed by atoms with Crippen LogP contribution in [0.25, 0.3) is 0 Å². The van der Waals surface area contributed by atoms with Crippen molar-refractivity contribution in [1.82, 2.24) is 0 Å². The van der Waals surface area contributed by atoms with Crippen LogP contribution < -0.4 is 0 Å². The van der Waals surface area contributed by atoms with E-state index in [2.05, 4.69) is 15.9 Å². The Bertz CT molecular complexity index is 916. The summed E-state index contributed by atoms with van der Waals surface area (Å²) in [6.07, 6.45) is 2.93. The van der Waals surface area contributed by atoms with Gasteiger partial charge < -0.3 is 23.4 Å². The lowest BCUT2D eigenvalue weighted by Crippen LogP contribution is -2.65. The first-order chi connectivity index (χ1) is 16.2. The molecule has 34 heavy (non-hydrogen) atoms. The summed E-state index contributed by atoms with van der Waals surface area (Å²) in [5.74, 6) is -2.30. The Balaban J connectivity index is 1.75. The number of ketones is 1. The summed E-state index contributed by atoms with van der Waals surface area (Å²) in [7, 11) is 1.37. The molecule has 1 saturated heterocycles. The highest BCUT2D eigenvalue weighted by Crippen LogP contribution is 2.65. The van der Waals surface area contributed by atoms with Gasteiger partial charge in [-0.3, -0.25) is 14.4 Å². The van der Waals surface area contributed by atoms with Crippen molar-refractivity contribution in [3.8, 4) is 0 Å². The lowest BCUT2D eigenvalue weighted by Gasteiger charge is -2.61. The molecule has 0 unspecified atom stereocenters. The number of rotatable bonds is 7. The molecule has 2 saturated carbocycles. The number of alkyl halides is 1. The summed E-state index contributed by atoms with van der Waals surface area (Å²) in [6, 6.07) is 1.78. The van der Waals surface area contributed by atoms with Gasteiger partial charge >= 0.3 is 11.9 Å². The number of cyclic esters (lactones) is 1. The first kappa shape index (κ1) is 25.4. The largest absolute Gasteiger partial charge is 0.472 e. The maximum Gasteiger partial charge on any atom is 0.310 e. The van der Waals surface area contributed by atoms with E-state index in [1.165, 1.54) is 7.11 Å².